The van der Waals surface area contributed by atoms with E-state index in [1.54, 1.807) is 0 Å². The molecule has 11 heavy (non-hydrogen) atoms. The van der Waals surface area contributed by atoms with Crippen LogP contribution in [0, 0.1) is 6.92 Å². The fourth-order valence-electron chi connectivity index (χ4n) is 0.778. The van der Waals surface area contributed by atoms with Gasteiger partial charge in [0.1, 0.15) is 5.82 Å². The van der Waals surface area contributed by atoms with E-state index in [-0.39, 0.29) is 12.4 Å². The molecule has 0 bridgehead atoms. The normalized spacial score (nSPS) is 8.91. The first-order valence-corrected chi connectivity index (χ1v) is 3.16. The Balaban J connectivity index is 0.000001000. The minimum absolute atomic E-state index is 0. The molecule has 4 N–H and O–H groups in total. The zero-order chi connectivity index (χ0) is 7.56. The van der Waals surface area contributed by atoms with Crippen LogP contribution in [0.5, 0.6) is 0 Å². The van der Waals surface area contributed by atoms with Gasteiger partial charge < -0.3 is 11.5 Å². The Kier molecular flexibility index (Phi) is 3.85. The predicted molar refractivity (Wildman–Crippen MR) is 48.5 cm³/mol. The number of anilines is 1. The molecule has 0 radical (unpaired) electrons. The fourth-order valence-corrected chi connectivity index (χ4v) is 0.778. The van der Waals surface area contributed by atoms with Crippen LogP contribution in [-0.2, 0) is 6.54 Å². The van der Waals surface area contributed by atoms with E-state index in [1.165, 1.54) is 0 Å². The highest BCUT2D eigenvalue weighted by Crippen LogP contribution is 2.07. The summed E-state index contributed by atoms with van der Waals surface area (Å²) in [5.74, 6) is 0.544. The van der Waals surface area contributed by atoms with Gasteiger partial charge >= 0.3 is 0 Å². The van der Waals surface area contributed by atoms with E-state index >= 15 is 0 Å². The average molecular weight is 174 g/mol. The molecule has 0 spiro atoms. The average Bonchev–Trinajstić information content (AvgIpc) is 1.88. The van der Waals surface area contributed by atoms with Crippen LogP contribution in [0.2, 0.25) is 0 Å². The molecule has 0 saturated carbocycles. The molecule has 1 heterocycles. The summed E-state index contributed by atoms with van der Waals surface area (Å²) in [5, 5.41) is 0. The number of hydrogen-bond donors (Lipinski definition) is 2. The Bertz CT molecular complexity index is 237. The quantitative estimate of drug-likeness (QED) is 0.662. The number of halogens is 1. The molecule has 0 atom stereocenters. The van der Waals surface area contributed by atoms with E-state index in [0.29, 0.717) is 12.4 Å². The van der Waals surface area contributed by atoms with Crippen molar-refractivity contribution in [3.05, 3.63) is 23.4 Å². The monoisotopic (exact) mass is 173 g/mol. The first-order valence-electron chi connectivity index (χ1n) is 3.16. The number of nitrogens with zero attached hydrogens (tertiary/aromatic N) is 1. The van der Waals surface area contributed by atoms with E-state index in [2.05, 4.69) is 4.98 Å². The second-order valence-electron chi connectivity index (χ2n) is 2.20. The Labute approximate surface area is 72.2 Å². The summed E-state index contributed by atoms with van der Waals surface area (Å²) >= 11 is 0. The van der Waals surface area contributed by atoms with Crippen molar-refractivity contribution < 1.29 is 0 Å². The summed E-state index contributed by atoms with van der Waals surface area (Å²) in [6.45, 7) is 2.36. The highest BCUT2D eigenvalue weighted by molar-refractivity contribution is 5.85. The Morgan fingerprint density at radius 1 is 1.45 bits per heavy atom. The molecule has 0 fully saturated rings. The lowest BCUT2D eigenvalue weighted by atomic mass is 10.2. The van der Waals surface area contributed by atoms with Gasteiger partial charge in [-0.3, -0.25) is 0 Å². The Hall–Kier alpha value is -0.800. The van der Waals surface area contributed by atoms with Crippen molar-refractivity contribution in [3.63, 3.8) is 0 Å². The van der Waals surface area contributed by atoms with Gasteiger partial charge in [-0.1, -0.05) is 6.07 Å². The van der Waals surface area contributed by atoms with Crippen molar-refractivity contribution >= 4 is 18.2 Å². The molecule has 0 aliphatic rings. The molecule has 0 unspecified atom stereocenters. The van der Waals surface area contributed by atoms with Crippen LogP contribution >= 0.6 is 12.4 Å². The van der Waals surface area contributed by atoms with Crippen LogP contribution in [0.15, 0.2) is 12.1 Å². The third-order valence-electron chi connectivity index (χ3n) is 1.37. The number of hydrogen-bond acceptors (Lipinski definition) is 3. The van der Waals surface area contributed by atoms with Crippen molar-refractivity contribution in [2.24, 2.45) is 5.73 Å². The minimum Gasteiger partial charge on any atom is -0.383 e. The molecular formula is C7H12ClN3. The van der Waals surface area contributed by atoms with Crippen molar-refractivity contribution in [2.45, 2.75) is 13.5 Å². The van der Waals surface area contributed by atoms with Crippen molar-refractivity contribution in [1.82, 2.24) is 4.98 Å². The largest absolute Gasteiger partial charge is 0.383 e. The molecule has 4 heteroatoms. The van der Waals surface area contributed by atoms with Crippen LogP contribution in [0.4, 0.5) is 5.82 Å². The van der Waals surface area contributed by atoms with Gasteiger partial charge in [0.05, 0.1) is 0 Å². The van der Waals surface area contributed by atoms with Crippen LogP contribution in [0.25, 0.3) is 0 Å². The van der Waals surface area contributed by atoms with Gasteiger partial charge in [0, 0.05) is 17.8 Å². The molecule has 0 aliphatic carbocycles. The fraction of sp³-hybridized carbons (Fsp3) is 0.286. The number of nitrogen functional groups attached to an aromatic ring is 1. The number of pyridine rings is 1. The van der Waals surface area contributed by atoms with E-state index in [1.807, 2.05) is 19.1 Å². The molecular weight excluding hydrogens is 162 g/mol. The van der Waals surface area contributed by atoms with E-state index < -0.39 is 0 Å². The zero-order valence-corrected chi connectivity index (χ0v) is 7.19. The maximum Gasteiger partial charge on any atom is 0.128 e. The SMILES string of the molecule is Cc1ccc(CN)c(N)n1.Cl. The maximum absolute atomic E-state index is 5.54. The third kappa shape index (κ3) is 2.37. The van der Waals surface area contributed by atoms with Gasteiger partial charge in [-0.2, -0.15) is 0 Å². The molecule has 1 aromatic rings. The van der Waals surface area contributed by atoms with Crippen molar-refractivity contribution in [3.8, 4) is 0 Å². The smallest absolute Gasteiger partial charge is 0.128 e. The van der Waals surface area contributed by atoms with Gasteiger partial charge in [0.2, 0.25) is 0 Å². The summed E-state index contributed by atoms with van der Waals surface area (Å²) < 4.78 is 0. The van der Waals surface area contributed by atoms with Crippen molar-refractivity contribution in [1.29, 1.82) is 0 Å². The number of nitrogens with two attached hydrogens (primary N) is 2. The molecule has 62 valence electrons. The molecule has 0 amide bonds. The lowest BCUT2D eigenvalue weighted by Crippen LogP contribution is -2.03. The summed E-state index contributed by atoms with van der Waals surface area (Å²) in [6, 6.07) is 3.80. The molecule has 3 nitrogen and oxygen atoms in total. The van der Waals surface area contributed by atoms with E-state index in [9.17, 15) is 0 Å². The second kappa shape index (κ2) is 4.16. The first-order chi connectivity index (χ1) is 4.74. The Morgan fingerprint density at radius 3 is 2.55 bits per heavy atom. The van der Waals surface area contributed by atoms with Gasteiger partial charge in [-0.15, -0.1) is 12.4 Å². The standard InChI is InChI=1S/C7H11N3.ClH/c1-5-2-3-6(4-8)7(9)10-5;/h2-3H,4,8H2,1H3,(H2,9,10);1H. The van der Waals surface area contributed by atoms with Crippen LogP contribution < -0.4 is 11.5 Å². The van der Waals surface area contributed by atoms with E-state index in [0.717, 1.165) is 11.3 Å². The number of rotatable bonds is 1. The van der Waals surface area contributed by atoms with Crippen LogP contribution in [0.1, 0.15) is 11.3 Å². The minimum atomic E-state index is 0. The Morgan fingerprint density at radius 2 is 2.09 bits per heavy atom. The first kappa shape index (κ1) is 10.2. The molecule has 1 aromatic heterocycles. The van der Waals surface area contributed by atoms with Gasteiger partial charge in [-0.05, 0) is 13.0 Å². The topological polar surface area (TPSA) is 64.9 Å². The molecule has 0 saturated heterocycles. The van der Waals surface area contributed by atoms with Crippen molar-refractivity contribution in [2.75, 3.05) is 5.73 Å². The molecule has 1 rings (SSSR count). The predicted octanol–water partition coefficient (Wildman–Crippen LogP) is 0.853. The van der Waals surface area contributed by atoms with Gasteiger partial charge in [-0.25, -0.2) is 4.98 Å². The summed E-state index contributed by atoms with van der Waals surface area (Å²) in [5.41, 5.74) is 12.8. The highest BCUT2D eigenvalue weighted by Gasteiger charge is 1.95. The van der Waals surface area contributed by atoms with Crippen LogP contribution in [0.3, 0.4) is 0 Å². The summed E-state index contributed by atoms with van der Waals surface area (Å²) in [6.07, 6.45) is 0. The number of aromatic nitrogens is 1. The lowest BCUT2D eigenvalue weighted by molar-refractivity contribution is 1.04. The van der Waals surface area contributed by atoms with Gasteiger partial charge in [0.15, 0.2) is 0 Å². The zero-order valence-electron chi connectivity index (χ0n) is 6.37. The maximum atomic E-state index is 5.54. The van der Waals surface area contributed by atoms with Gasteiger partial charge in [0.25, 0.3) is 0 Å². The summed E-state index contributed by atoms with van der Waals surface area (Å²) in [7, 11) is 0. The second-order valence-corrected chi connectivity index (χ2v) is 2.20. The highest BCUT2D eigenvalue weighted by atomic mass is 35.5. The number of aryl methyl sites for hydroxylation is 1. The van der Waals surface area contributed by atoms with Crippen LogP contribution in [-0.4, -0.2) is 4.98 Å². The summed E-state index contributed by atoms with van der Waals surface area (Å²) in [4.78, 5) is 4.04. The van der Waals surface area contributed by atoms with E-state index in [4.69, 9.17) is 11.5 Å². The third-order valence-corrected chi connectivity index (χ3v) is 1.37. The molecule has 0 aromatic carbocycles. The molecule has 0 aliphatic heterocycles. The lowest BCUT2D eigenvalue weighted by Gasteiger charge is -2.00.